The zero-order chi connectivity index (χ0) is 16.7. The Kier molecular flexibility index (Phi) is 7.06. The Morgan fingerprint density at radius 2 is 1.70 bits per heavy atom. The number of amidine groups is 1. The Morgan fingerprint density at radius 1 is 1.04 bits per heavy atom. The van der Waals surface area contributed by atoms with Crippen molar-refractivity contribution in [2.45, 2.75) is 13.8 Å². The summed E-state index contributed by atoms with van der Waals surface area (Å²) in [6.07, 6.45) is 10.6. The molecule has 23 heavy (non-hydrogen) atoms. The van der Waals surface area contributed by atoms with Crippen molar-refractivity contribution in [1.29, 1.82) is 0 Å². The quantitative estimate of drug-likeness (QED) is 0.723. The molecule has 1 aromatic carbocycles. The Morgan fingerprint density at radius 3 is 2.26 bits per heavy atom. The molecule has 0 aromatic heterocycles. The van der Waals surface area contributed by atoms with Crippen molar-refractivity contribution in [3.8, 4) is 0 Å². The standard InChI is InChI=1S/C19H24N2S2/c1-5-21(6-2)18-17(19(22-3)23-4)14-16(12-13-20-18)15-10-8-7-9-11-15/h7-14H,5-6H2,1-4H3. The molecule has 1 heterocycles. The number of thioether (sulfide) groups is 2. The highest BCUT2D eigenvalue weighted by molar-refractivity contribution is 8.21. The summed E-state index contributed by atoms with van der Waals surface area (Å²) in [7, 11) is 0. The van der Waals surface area contributed by atoms with Gasteiger partial charge in [0.25, 0.3) is 0 Å². The van der Waals surface area contributed by atoms with E-state index in [1.54, 1.807) is 23.5 Å². The summed E-state index contributed by atoms with van der Waals surface area (Å²) < 4.78 is 1.30. The summed E-state index contributed by atoms with van der Waals surface area (Å²) >= 11 is 3.58. The zero-order valence-corrected chi connectivity index (χ0v) is 15.9. The molecule has 0 saturated heterocycles. The molecule has 122 valence electrons. The van der Waals surface area contributed by atoms with Crippen molar-refractivity contribution in [3.05, 3.63) is 64.1 Å². The third kappa shape index (κ3) is 4.33. The summed E-state index contributed by atoms with van der Waals surface area (Å²) in [6.45, 7) is 6.27. The van der Waals surface area contributed by atoms with Crippen LogP contribution in [-0.2, 0) is 0 Å². The molecule has 0 fully saturated rings. The molecule has 1 aromatic rings. The normalized spacial score (nSPS) is 14.2. The van der Waals surface area contributed by atoms with Gasteiger partial charge in [-0.15, -0.1) is 23.5 Å². The second-order valence-corrected chi connectivity index (χ2v) is 6.91. The summed E-state index contributed by atoms with van der Waals surface area (Å²) in [5.41, 5.74) is 3.64. The minimum absolute atomic E-state index is 0.956. The second-order valence-electron chi connectivity index (χ2n) is 5.02. The number of aliphatic imine (C=N–C) groups is 1. The van der Waals surface area contributed by atoms with Crippen molar-refractivity contribution in [3.63, 3.8) is 0 Å². The summed E-state index contributed by atoms with van der Waals surface area (Å²) in [5.74, 6) is 1.07. The Labute approximate surface area is 148 Å². The first-order valence-corrected chi connectivity index (χ1v) is 10.3. The number of hydrogen-bond donors (Lipinski definition) is 0. The number of allylic oxidation sites excluding steroid dienone is 2. The number of benzene rings is 1. The molecule has 0 bridgehead atoms. The zero-order valence-electron chi connectivity index (χ0n) is 14.2. The minimum Gasteiger partial charge on any atom is -0.357 e. The molecule has 0 amide bonds. The predicted octanol–water partition coefficient (Wildman–Crippen LogP) is 5.28. The summed E-state index contributed by atoms with van der Waals surface area (Å²) in [4.78, 5) is 7.08. The fraction of sp³-hybridized carbons (Fsp3) is 0.316. The first kappa shape index (κ1) is 18.0. The van der Waals surface area contributed by atoms with Crippen LogP contribution in [0.1, 0.15) is 19.4 Å². The molecule has 0 atom stereocenters. The van der Waals surface area contributed by atoms with E-state index in [4.69, 9.17) is 4.99 Å². The van der Waals surface area contributed by atoms with Crippen LogP contribution >= 0.6 is 23.5 Å². The lowest BCUT2D eigenvalue weighted by Gasteiger charge is -2.24. The van der Waals surface area contributed by atoms with Gasteiger partial charge in [0.2, 0.25) is 0 Å². The third-order valence-electron chi connectivity index (χ3n) is 3.75. The van der Waals surface area contributed by atoms with E-state index < -0.39 is 0 Å². The van der Waals surface area contributed by atoms with E-state index >= 15 is 0 Å². The van der Waals surface area contributed by atoms with Crippen LogP contribution in [0.3, 0.4) is 0 Å². The summed E-state index contributed by atoms with van der Waals surface area (Å²) in [6, 6.07) is 10.5. The SMILES string of the molecule is CCN(CC)C1=NC=CC(c2ccccc2)=CC1=C(SC)SC. The van der Waals surface area contributed by atoms with Gasteiger partial charge in [-0.25, -0.2) is 4.99 Å². The largest absolute Gasteiger partial charge is 0.357 e. The maximum Gasteiger partial charge on any atom is 0.137 e. The fourth-order valence-corrected chi connectivity index (χ4v) is 3.97. The first-order valence-electron chi connectivity index (χ1n) is 7.84. The molecular formula is C19H24N2S2. The highest BCUT2D eigenvalue weighted by Crippen LogP contribution is 2.33. The van der Waals surface area contributed by atoms with Gasteiger partial charge in [-0.1, -0.05) is 30.3 Å². The third-order valence-corrected chi connectivity index (χ3v) is 5.93. The highest BCUT2D eigenvalue weighted by Gasteiger charge is 2.18. The van der Waals surface area contributed by atoms with Crippen LogP contribution in [0.25, 0.3) is 5.57 Å². The Bertz CT molecular complexity index is 633. The number of likely N-dealkylation sites (N-methyl/N-ethyl adjacent to an activating group) is 1. The molecule has 2 rings (SSSR count). The number of hydrogen-bond acceptors (Lipinski definition) is 4. The Hall–Kier alpha value is -1.39. The van der Waals surface area contributed by atoms with Gasteiger partial charge >= 0.3 is 0 Å². The predicted molar refractivity (Wildman–Crippen MR) is 108 cm³/mol. The molecule has 2 nitrogen and oxygen atoms in total. The van der Waals surface area contributed by atoms with E-state index in [0.717, 1.165) is 18.9 Å². The van der Waals surface area contributed by atoms with Crippen LogP contribution in [0.4, 0.5) is 0 Å². The molecule has 1 aliphatic heterocycles. The van der Waals surface area contributed by atoms with Gasteiger partial charge in [0, 0.05) is 24.9 Å². The van der Waals surface area contributed by atoms with Crippen LogP contribution in [0, 0.1) is 0 Å². The maximum atomic E-state index is 4.76. The maximum absolute atomic E-state index is 4.76. The molecule has 4 heteroatoms. The first-order chi connectivity index (χ1) is 11.2. The number of nitrogens with zero attached hydrogens (tertiary/aromatic N) is 2. The van der Waals surface area contributed by atoms with Gasteiger partial charge in [0.1, 0.15) is 5.84 Å². The molecule has 0 spiro atoms. The molecule has 0 N–H and O–H groups in total. The van der Waals surface area contributed by atoms with E-state index in [1.807, 2.05) is 12.3 Å². The van der Waals surface area contributed by atoms with E-state index in [9.17, 15) is 0 Å². The monoisotopic (exact) mass is 344 g/mol. The lowest BCUT2D eigenvalue weighted by molar-refractivity contribution is 0.466. The van der Waals surface area contributed by atoms with E-state index in [0.29, 0.717) is 0 Å². The van der Waals surface area contributed by atoms with Crippen molar-refractivity contribution < 1.29 is 0 Å². The lowest BCUT2D eigenvalue weighted by Crippen LogP contribution is -2.31. The van der Waals surface area contributed by atoms with Gasteiger partial charge in [-0.2, -0.15) is 0 Å². The van der Waals surface area contributed by atoms with E-state index in [-0.39, 0.29) is 0 Å². The van der Waals surface area contributed by atoms with Gasteiger partial charge in [-0.3, -0.25) is 0 Å². The number of rotatable bonds is 5. The topological polar surface area (TPSA) is 15.6 Å². The van der Waals surface area contributed by atoms with Crippen molar-refractivity contribution in [1.82, 2.24) is 4.90 Å². The fourth-order valence-electron chi connectivity index (χ4n) is 2.56. The molecule has 0 radical (unpaired) electrons. The van der Waals surface area contributed by atoms with Gasteiger partial charge in [0.05, 0.1) is 4.24 Å². The van der Waals surface area contributed by atoms with Crippen LogP contribution in [-0.4, -0.2) is 36.3 Å². The van der Waals surface area contributed by atoms with Crippen LogP contribution < -0.4 is 0 Å². The lowest BCUT2D eigenvalue weighted by atomic mass is 10.0. The molecular weight excluding hydrogens is 320 g/mol. The Balaban J connectivity index is 2.57. The molecule has 0 saturated carbocycles. The van der Waals surface area contributed by atoms with Crippen LogP contribution in [0.15, 0.2) is 63.5 Å². The molecule has 1 aliphatic rings. The van der Waals surface area contributed by atoms with E-state index in [1.165, 1.54) is 20.9 Å². The highest BCUT2D eigenvalue weighted by atomic mass is 32.2. The van der Waals surface area contributed by atoms with Gasteiger partial charge in [-0.05, 0) is 49.6 Å². The second kappa shape index (κ2) is 9.04. The van der Waals surface area contributed by atoms with Crippen molar-refractivity contribution in [2.75, 3.05) is 25.6 Å². The van der Waals surface area contributed by atoms with Gasteiger partial charge in [0.15, 0.2) is 0 Å². The van der Waals surface area contributed by atoms with Crippen molar-refractivity contribution >= 4 is 34.9 Å². The van der Waals surface area contributed by atoms with E-state index in [2.05, 4.69) is 67.7 Å². The smallest absolute Gasteiger partial charge is 0.137 e. The summed E-state index contributed by atoms with van der Waals surface area (Å²) in [5, 5.41) is 0. The van der Waals surface area contributed by atoms with Crippen molar-refractivity contribution in [2.24, 2.45) is 4.99 Å². The minimum atomic E-state index is 0.956. The van der Waals surface area contributed by atoms with Crippen LogP contribution in [0.2, 0.25) is 0 Å². The molecule has 0 aliphatic carbocycles. The van der Waals surface area contributed by atoms with Crippen LogP contribution in [0.5, 0.6) is 0 Å². The average Bonchev–Trinajstić information content (AvgIpc) is 2.82. The molecule has 0 unspecified atom stereocenters. The average molecular weight is 345 g/mol. The van der Waals surface area contributed by atoms with Gasteiger partial charge < -0.3 is 4.90 Å².